The van der Waals surface area contributed by atoms with Crippen molar-refractivity contribution < 1.29 is 4.39 Å². The first kappa shape index (κ1) is 13.6. The molecule has 1 N–H and O–H groups in total. The highest BCUT2D eigenvalue weighted by molar-refractivity contribution is 9.10. The van der Waals surface area contributed by atoms with Crippen LogP contribution in [0.15, 0.2) is 34.8 Å². The second kappa shape index (κ2) is 5.21. The van der Waals surface area contributed by atoms with Gasteiger partial charge in [0.1, 0.15) is 5.82 Å². The molecule has 3 heteroatoms. The van der Waals surface area contributed by atoms with Crippen LogP contribution >= 0.6 is 15.9 Å². The van der Waals surface area contributed by atoms with E-state index in [1.54, 1.807) is 6.07 Å². The molecule has 0 aliphatic heterocycles. The van der Waals surface area contributed by atoms with Gasteiger partial charge in [0.05, 0.1) is 10.5 Å². The molecule has 0 saturated heterocycles. The quantitative estimate of drug-likeness (QED) is 0.785. The number of fused-ring (bicyclic) bond motifs is 1. The molecule has 2 aromatic rings. The van der Waals surface area contributed by atoms with Gasteiger partial charge in [-0.15, -0.1) is 0 Å². The van der Waals surface area contributed by atoms with Crippen LogP contribution in [0, 0.1) is 19.7 Å². The Kier molecular flexibility index (Phi) is 3.55. The molecule has 0 aromatic heterocycles. The third kappa shape index (κ3) is 2.47. The molecule has 1 atom stereocenters. The van der Waals surface area contributed by atoms with E-state index in [0.717, 1.165) is 24.1 Å². The summed E-state index contributed by atoms with van der Waals surface area (Å²) in [4.78, 5) is 0. The zero-order chi connectivity index (χ0) is 14.3. The normalized spacial score (nSPS) is 17.1. The molecule has 3 rings (SSSR count). The van der Waals surface area contributed by atoms with E-state index < -0.39 is 0 Å². The molecule has 1 aliphatic rings. The van der Waals surface area contributed by atoms with Crippen molar-refractivity contribution in [2.24, 2.45) is 0 Å². The van der Waals surface area contributed by atoms with E-state index in [2.05, 4.69) is 46.4 Å². The van der Waals surface area contributed by atoms with E-state index in [9.17, 15) is 4.39 Å². The third-order valence-electron chi connectivity index (χ3n) is 3.98. The van der Waals surface area contributed by atoms with E-state index in [4.69, 9.17) is 0 Å². The number of anilines is 1. The van der Waals surface area contributed by atoms with Crippen LogP contribution in [0.4, 0.5) is 10.1 Å². The molecule has 0 amide bonds. The highest BCUT2D eigenvalue weighted by Gasteiger charge is 2.22. The standard InChI is InChI=1S/C17H17BrFN/c1-10-3-4-12-5-6-16(13(12)7-10)20-17-9-14(18)15(19)8-11(17)2/h3-4,7-9,16,20H,5-6H2,1-2H3. The lowest BCUT2D eigenvalue weighted by Crippen LogP contribution is -2.08. The molecule has 0 bridgehead atoms. The fraction of sp³-hybridized carbons (Fsp3) is 0.294. The van der Waals surface area contributed by atoms with Crippen LogP contribution in [0.3, 0.4) is 0 Å². The zero-order valence-electron chi connectivity index (χ0n) is 11.6. The molecular formula is C17H17BrFN. The Hall–Kier alpha value is -1.35. The first-order valence-electron chi connectivity index (χ1n) is 6.86. The Morgan fingerprint density at radius 3 is 2.80 bits per heavy atom. The van der Waals surface area contributed by atoms with Gasteiger partial charge < -0.3 is 5.32 Å². The Morgan fingerprint density at radius 2 is 2.00 bits per heavy atom. The van der Waals surface area contributed by atoms with E-state index >= 15 is 0 Å². The van der Waals surface area contributed by atoms with E-state index in [-0.39, 0.29) is 5.82 Å². The molecule has 20 heavy (non-hydrogen) atoms. The Labute approximate surface area is 127 Å². The second-order valence-corrected chi connectivity index (χ2v) is 6.37. The first-order chi connectivity index (χ1) is 9.54. The topological polar surface area (TPSA) is 12.0 Å². The van der Waals surface area contributed by atoms with Crippen LogP contribution in [0.1, 0.15) is 34.7 Å². The SMILES string of the molecule is Cc1ccc2c(c1)C(Nc1cc(Br)c(F)cc1C)CC2. The Balaban J connectivity index is 1.91. The van der Waals surface area contributed by atoms with Crippen LogP contribution < -0.4 is 5.32 Å². The fourth-order valence-corrected chi connectivity index (χ4v) is 3.20. The minimum atomic E-state index is -0.212. The summed E-state index contributed by atoms with van der Waals surface area (Å²) in [6.07, 6.45) is 2.20. The summed E-state index contributed by atoms with van der Waals surface area (Å²) in [5.74, 6) is -0.212. The predicted molar refractivity (Wildman–Crippen MR) is 84.7 cm³/mol. The second-order valence-electron chi connectivity index (χ2n) is 5.52. The zero-order valence-corrected chi connectivity index (χ0v) is 13.2. The maximum Gasteiger partial charge on any atom is 0.137 e. The van der Waals surface area contributed by atoms with Gasteiger partial charge in [-0.3, -0.25) is 0 Å². The lowest BCUT2D eigenvalue weighted by molar-refractivity contribution is 0.620. The maximum absolute atomic E-state index is 13.5. The van der Waals surface area contributed by atoms with Gasteiger partial charge in [0, 0.05) is 5.69 Å². The molecule has 1 nitrogen and oxygen atoms in total. The monoisotopic (exact) mass is 333 g/mol. The van der Waals surface area contributed by atoms with Gasteiger partial charge in [0.25, 0.3) is 0 Å². The summed E-state index contributed by atoms with van der Waals surface area (Å²) >= 11 is 3.26. The number of hydrogen-bond donors (Lipinski definition) is 1. The van der Waals surface area contributed by atoms with Crippen molar-refractivity contribution in [1.29, 1.82) is 0 Å². The summed E-state index contributed by atoms with van der Waals surface area (Å²) in [7, 11) is 0. The number of benzene rings is 2. The van der Waals surface area contributed by atoms with Crippen LogP contribution in [0.2, 0.25) is 0 Å². The van der Waals surface area contributed by atoms with Crippen molar-refractivity contribution in [3.8, 4) is 0 Å². The maximum atomic E-state index is 13.5. The smallest absolute Gasteiger partial charge is 0.137 e. The van der Waals surface area contributed by atoms with E-state index in [1.807, 2.05) is 13.0 Å². The van der Waals surface area contributed by atoms with E-state index in [0.29, 0.717) is 10.5 Å². The highest BCUT2D eigenvalue weighted by atomic mass is 79.9. The van der Waals surface area contributed by atoms with Crippen molar-refractivity contribution in [2.75, 3.05) is 5.32 Å². The van der Waals surface area contributed by atoms with Gasteiger partial charge in [0.15, 0.2) is 0 Å². The molecule has 0 fully saturated rings. The minimum Gasteiger partial charge on any atom is -0.378 e. The molecule has 0 saturated carbocycles. The summed E-state index contributed by atoms with van der Waals surface area (Å²) in [5, 5.41) is 3.56. The fourth-order valence-electron chi connectivity index (χ4n) is 2.86. The van der Waals surface area contributed by atoms with Crippen molar-refractivity contribution in [2.45, 2.75) is 32.7 Å². The van der Waals surface area contributed by atoms with Gasteiger partial charge in [-0.1, -0.05) is 23.8 Å². The van der Waals surface area contributed by atoms with Crippen molar-refractivity contribution >= 4 is 21.6 Å². The number of aryl methyl sites for hydroxylation is 3. The van der Waals surface area contributed by atoms with Gasteiger partial charge in [-0.05, 0) is 71.4 Å². The van der Waals surface area contributed by atoms with Crippen LogP contribution in [-0.2, 0) is 6.42 Å². The summed E-state index contributed by atoms with van der Waals surface area (Å²) in [6, 6.07) is 10.4. The van der Waals surface area contributed by atoms with Crippen molar-refractivity contribution in [3.05, 3.63) is 62.9 Å². The summed E-state index contributed by atoms with van der Waals surface area (Å²) < 4.78 is 14.0. The van der Waals surface area contributed by atoms with Crippen LogP contribution in [0.5, 0.6) is 0 Å². The number of hydrogen-bond acceptors (Lipinski definition) is 1. The molecule has 0 spiro atoms. The molecule has 104 valence electrons. The Bertz CT molecular complexity index is 666. The largest absolute Gasteiger partial charge is 0.378 e. The Morgan fingerprint density at radius 1 is 1.20 bits per heavy atom. The summed E-state index contributed by atoms with van der Waals surface area (Å²) in [6.45, 7) is 4.05. The molecule has 1 aliphatic carbocycles. The van der Waals surface area contributed by atoms with E-state index in [1.165, 1.54) is 16.7 Å². The average Bonchev–Trinajstić information content (AvgIpc) is 2.78. The number of halogens is 2. The average molecular weight is 334 g/mol. The van der Waals surface area contributed by atoms with Gasteiger partial charge >= 0.3 is 0 Å². The lowest BCUT2D eigenvalue weighted by Gasteiger charge is -2.18. The molecule has 2 aromatic carbocycles. The van der Waals surface area contributed by atoms with Gasteiger partial charge in [-0.2, -0.15) is 0 Å². The summed E-state index contributed by atoms with van der Waals surface area (Å²) in [5.41, 5.74) is 6.02. The third-order valence-corrected chi connectivity index (χ3v) is 4.58. The van der Waals surface area contributed by atoms with Crippen LogP contribution in [0.25, 0.3) is 0 Å². The molecule has 0 heterocycles. The highest BCUT2D eigenvalue weighted by Crippen LogP contribution is 2.36. The van der Waals surface area contributed by atoms with Gasteiger partial charge in [-0.25, -0.2) is 4.39 Å². The van der Waals surface area contributed by atoms with Crippen LogP contribution in [-0.4, -0.2) is 0 Å². The molecule has 1 unspecified atom stereocenters. The van der Waals surface area contributed by atoms with Crippen molar-refractivity contribution in [1.82, 2.24) is 0 Å². The number of nitrogens with one attached hydrogen (secondary N) is 1. The number of rotatable bonds is 2. The predicted octanol–water partition coefficient (Wildman–Crippen LogP) is 5.30. The minimum absolute atomic E-state index is 0.212. The molecule has 0 radical (unpaired) electrons. The lowest BCUT2D eigenvalue weighted by atomic mass is 10.0. The van der Waals surface area contributed by atoms with Gasteiger partial charge in [0.2, 0.25) is 0 Å². The van der Waals surface area contributed by atoms with Crippen molar-refractivity contribution in [3.63, 3.8) is 0 Å². The first-order valence-corrected chi connectivity index (χ1v) is 7.65. The molecular weight excluding hydrogens is 317 g/mol.